The lowest BCUT2D eigenvalue weighted by atomic mass is 9.94. The summed E-state index contributed by atoms with van der Waals surface area (Å²) in [6.07, 6.45) is -0.222. The summed E-state index contributed by atoms with van der Waals surface area (Å²) >= 11 is 0. The van der Waals surface area contributed by atoms with E-state index < -0.39 is 40.9 Å². The van der Waals surface area contributed by atoms with Gasteiger partial charge in [0.15, 0.2) is 5.72 Å². The molecule has 3 rings (SSSR count). The first-order valence-corrected chi connectivity index (χ1v) is 9.39. The van der Waals surface area contributed by atoms with Crippen molar-refractivity contribution in [2.24, 2.45) is 11.7 Å². The van der Waals surface area contributed by atoms with E-state index in [1.165, 1.54) is 13.1 Å². The van der Waals surface area contributed by atoms with Gasteiger partial charge in [0.05, 0.1) is 18.4 Å². The van der Waals surface area contributed by atoms with Crippen LogP contribution < -0.4 is 17.0 Å². The number of benzene rings is 1. The third-order valence-electron chi connectivity index (χ3n) is 5.16. The fraction of sp³-hybridized carbons (Fsp3) is 0.400. The van der Waals surface area contributed by atoms with Gasteiger partial charge in [-0.15, -0.1) is 0 Å². The van der Waals surface area contributed by atoms with Gasteiger partial charge in [-0.25, -0.2) is 4.79 Å². The SMILES string of the molecule is Cc1cn([C@@]2(CN)C[C@H](C(=O)O)[C@@H](CC(=O)OCc3ccccc3)O2)c(=O)[nH]c1=O. The molecule has 2 heterocycles. The average Bonchev–Trinajstić information content (AvgIpc) is 3.10. The Balaban J connectivity index is 1.80. The highest BCUT2D eigenvalue weighted by Crippen LogP contribution is 2.39. The molecular weight excluding hydrogens is 394 g/mol. The number of nitrogens with two attached hydrogens (primary N) is 1. The number of aromatic amines is 1. The maximum absolute atomic E-state index is 12.3. The van der Waals surface area contributed by atoms with E-state index in [4.69, 9.17) is 15.2 Å². The third kappa shape index (κ3) is 4.34. The van der Waals surface area contributed by atoms with Crippen molar-refractivity contribution in [3.8, 4) is 0 Å². The van der Waals surface area contributed by atoms with Crippen molar-refractivity contribution in [3.05, 3.63) is 68.5 Å². The van der Waals surface area contributed by atoms with Crippen LogP contribution in [0.4, 0.5) is 0 Å². The Kier molecular flexibility index (Phi) is 6.18. The van der Waals surface area contributed by atoms with Crippen molar-refractivity contribution in [2.45, 2.75) is 38.2 Å². The first-order chi connectivity index (χ1) is 14.3. The topological polar surface area (TPSA) is 154 Å². The number of nitrogens with zero attached hydrogens (tertiary/aromatic N) is 1. The number of hydrogen-bond donors (Lipinski definition) is 3. The van der Waals surface area contributed by atoms with E-state index in [2.05, 4.69) is 4.98 Å². The fourth-order valence-corrected chi connectivity index (χ4v) is 3.53. The minimum Gasteiger partial charge on any atom is -0.481 e. The van der Waals surface area contributed by atoms with Crippen molar-refractivity contribution in [2.75, 3.05) is 6.54 Å². The summed E-state index contributed by atoms with van der Waals surface area (Å²) in [5, 5.41) is 9.63. The molecule has 160 valence electrons. The molecule has 1 saturated heterocycles. The molecule has 0 bridgehead atoms. The van der Waals surface area contributed by atoms with E-state index in [0.717, 1.165) is 10.1 Å². The molecule has 2 aromatic rings. The number of aromatic nitrogens is 2. The molecule has 0 saturated carbocycles. The van der Waals surface area contributed by atoms with Crippen LogP contribution in [0.2, 0.25) is 0 Å². The van der Waals surface area contributed by atoms with Gasteiger partial charge < -0.3 is 20.3 Å². The predicted octanol–water partition coefficient (Wildman–Crippen LogP) is 0.0797. The molecular formula is C20H23N3O7. The number of esters is 1. The van der Waals surface area contributed by atoms with Gasteiger partial charge in [-0.1, -0.05) is 30.3 Å². The number of aryl methyl sites for hydroxylation is 1. The number of carboxylic acid groups (broad SMARTS) is 1. The molecule has 1 aliphatic heterocycles. The molecule has 1 fully saturated rings. The van der Waals surface area contributed by atoms with Crippen molar-refractivity contribution in [1.82, 2.24) is 9.55 Å². The molecule has 1 aromatic heterocycles. The van der Waals surface area contributed by atoms with Gasteiger partial charge in [0.1, 0.15) is 6.61 Å². The maximum Gasteiger partial charge on any atom is 0.330 e. The Labute approximate surface area is 171 Å². The van der Waals surface area contributed by atoms with Gasteiger partial charge in [-0.05, 0) is 12.5 Å². The lowest BCUT2D eigenvalue weighted by Gasteiger charge is -2.30. The number of aliphatic carboxylic acids is 1. The van der Waals surface area contributed by atoms with Crippen LogP contribution in [0, 0.1) is 12.8 Å². The van der Waals surface area contributed by atoms with Crippen molar-refractivity contribution >= 4 is 11.9 Å². The van der Waals surface area contributed by atoms with E-state index in [1.807, 2.05) is 18.2 Å². The second-order valence-electron chi connectivity index (χ2n) is 7.25. The Morgan fingerprint density at radius 1 is 1.33 bits per heavy atom. The molecule has 0 unspecified atom stereocenters. The zero-order valence-electron chi connectivity index (χ0n) is 16.4. The molecule has 0 spiro atoms. The number of hydrogen-bond acceptors (Lipinski definition) is 7. The minimum absolute atomic E-state index is 0.0464. The van der Waals surface area contributed by atoms with Crippen LogP contribution in [0.15, 0.2) is 46.1 Å². The average molecular weight is 417 g/mol. The number of carbonyl (C=O) groups excluding carboxylic acids is 1. The number of ether oxygens (including phenoxy) is 2. The van der Waals surface area contributed by atoms with Gasteiger partial charge in [0.2, 0.25) is 0 Å². The van der Waals surface area contributed by atoms with E-state index >= 15 is 0 Å². The first kappa shape index (κ1) is 21.5. The monoisotopic (exact) mass is 417 g/mol. The summed E-state index contributed by atoms with van der Waals surface area (Å²) in [6.45, 7) is 1.32. The normalized spacial score (nSPS) is 23.3. The third-order valence-corrected chi connectivity index (χ3v) is 5.16. The van der Waals surface area contributed by atoms with Crippen molar-refractivity contribution < 1.29 is 24.2 Å². The lowest BCUT2D eigenvalue weighted by molar-refractivity contribution is -0.155. The number of H-pyrrole nitrogens is 1. The Hall–Kier alpha value is -3.24. The number of rotatable bonds is 7. The lowest BCUT2D eigenvalue weighted by Crippen LogP contribution is -2.49. The quantitative estimate of drug-likeness (QED) is 0.535. The number of carboxylic acids is 1. The highest BCUT2D eigenvalue weighted by Gasteiger charge is 2.51. The van der Waals surface area contributed by atoms with Crippen LogP contribution in [0.5, 0.6) is 0 Å². The van der Waals surface area contributed by atoms with E-state index in [-0.39, 0.29) is 31.6 Å². The van der Waals surface area contributed by atoms with Crippen LogP contribution in [0.1, 0.15) is 24.0 Å². The van der Waals surface area contributed by atoms with E-state index in [9.17, 15) is 24.3 Å². The molecule has 1 aromatic carbocycles. The largest absolute Gasteiger partial charge is 0.481 e. The van der Waals surface area contributed by atoms with Crippen LogP contribution >= 0.6 is 0 Å². The molecule has 0 aliphatic carbocycles. The molecule has 1 aliphatic rings. The summed E-state index contributed by atoms with van der Waals surface area (Å²) in [6, 6.07) is 9.04. The molecule has 3 atom stereocenters. The summed E-state index contributed by atoms with van der Waals surface area (Å²) in [7, 11) is 0. The number of nitrogens with one attached hydrogen (secondary N) is 1. The second kappa shape index (κ2) is 8.64. The number of carbonyl (C=O) groups is 2. The summed E-state index contributed by atoms with van der Waals surface area (Å²) in [5.41, 5.74) is 4.06. The highest BCUT2D eigenvalue weighted by molar-refractivity contribution is 5.75. The van der Waals surface area contributed by atoms with Gasteiger partial charge >= 0.3 is 17.6 Å². The molecule has 10 nitrogen and oxygen atoms in total. The summed E-state index contributed by atoms with van der Waals surface area (Å²) < 4.78 is 12.2. The van der Waals surface area contributed by atoms with Gasteiger partial charge in [0, 0.05) is 24.7 Å². The summed E-state index contributed by atoms with van der Waals surface area (Å²) in [4.78, 5) is 50.3. The second-order valence-corrected chi connectivity index (χ2v) is 7.25. The predicted molar refractivity (Wildman–Crippen MR) is 105 cm³/mol. The van der Waals surface area contributed by atoms with Crippen LogP contribution in [-0.2, 0) is 31.4 Å². The Morgan fingerprint density at radius 3 is 2.67 bits per heavy atom. The minimum atomic E-state index is -1.50. The van der Waals surface area contributed by atoms with Crippen LogP contribution in [0.3, 0.4) is 0 Å². The van der Waals surface area contributed by atoms with Crippen molar-refractivity contribution in [3.63, 3.8) is 0 Å². The maximum atomic E-state index is 12.3. The summed E-state index contributed by atoms with van der Waals surface area (Å²) in [5.74, 6) is -2.90. The van der Waals surface area contributed by atoms with Crippen LogP contribution in [-0.4, -0.2) is 39.2 Å². The smallest absolute Gasteiger partial charge is 0.330 e. The van der Waals surface area contributed by atoms with E-state index in [1.54, 1.807) is 12.1 Å². The molecule has 0 amide bonds. The zero-order chi connectivity index (χ0) is 21.9. The molecule has 10 heteroatoms. The molecule has 4 N–H and O–H groups in total. The molecule has 0 radical (unpaired) electrons. The van der Waals surface area contributed by atoms with Gasteiger partial charge in [-0.3, -0.25) is 23.9 Å². The van der Waals surface area contributed by atoms with Gasteiger partial charge in [-0.2, -0.15) is 0 Å². The Morgan fingerprint density at radius 2 is 2.03 bits per heavy atom. The van der Waals surface area contributed by atoms with Crippen LogP contribution in [0.25, 0.3) is 0 Å². The Bertz CT molecular complexity index is 1050. The van der Waals surface area contributed by atoms with Gasteiger partial charge in [0.25, 0.3) is 5.56 Å². The zero-order valence-corrected chi connectivity index (χ0v) is 16.4. The van der Waals surface area contributed by atoms with Crippen molar-refractivity contribution in [1.29, 1.82) is 0 Å². The highest BCUT2D eigenvalue weighted by atomic mass is 16.6. The van der Waals surface area contributed by atoms with E-state index in [0.29, 0.717) is 0 Å². The standard InChI is InChI=1S/C20H23N3O7/c1-12-9-23(19(28)22-17(12)25)20(11-21)8-14(18(26)27)15(30-20)7-16(24)29-10-13-5-3-2-4-6-13/h2-6,9,14-15H,7-8,10-11,21H2,1H3,(H,26,27)(H,22,25,28)/t14-,15+,20-/m0/s1. The molecule has 30 heavy (non-hydrogen) atoms. The fourth-order valence-electron chi connectivity index (χ4n) is 3.53. The first-order valence-electron chi connectivity index (χ1n) is 9.39.